The molecule has 0 aliphatic carbocycles. The summed E-state index contributed by atoms with van der Waals surface area (Å²) < 4.78 is 0. The highest BCUT2D eigenvalue weighted by atomic mass is 32.1. The third-order valence-electron chi connectivity index (χ3n) is 2.80. The molecule has 0 bridgehead atoms. The van der Waals surface area contributed by atoms with Crippen LogP contribution >= 0.6 is 12.6 Å². The SMILES string of the molecule is CCC(NC(=O)C(CS)NC(C)=O)c1ccccc1. The summed E-state index contributed by atoms with van der Waals surface area (Å²) in [5, 5.41) is 5.52. The van der Waals surface area contributed by atoms with Gasteiger partial charge in [0.1, 0.15) is 6.04 Å². The Balaban J connectivity index is 2.70. The first-order chi connectivity index (χ1) is 9.08. The van der Waals surface area contributed by atoms with E-state index in [2.05, 4.69) is 23.3 Å². The normalized spacial score (nSPS) is 13.4. The van der Waals surface area contributed by atoms with Gasteiger partial charge < -0.3 is 10.6 Å². The molecular weight excluding hydrogens is 260 g/mol. The summed E-state index contributed by atoms with van der Waals surface area (Å²) >= 11 is 4.09. The summed E-state index contributed by atoms with van der Waals surface area (Å²) in [7, 11) is 0. The first-order valence-electron chi connectivity index (χ1n) is 6.31. The number of benzene rings is 1. The number of rotatable bonds is 6. The van der Waals surface area contributed by atoms with Crippen molar-refractivity contribution in [3.8, 4) is 0 Å². The van der Waals surface area contributed by atoms with Gasteiger partial charge in [-0.1, -0.05) is 37.3 Å². The van der Waals surface area contributed by atoms with Gasteiger partial charge >= 0.3 is 0 Å². The number of hydrogen-bond donors (Lipinski definition) is 3. The fraction of sp³-hybridized carbons (Fsp3) is 0.429. The maximum absolute atomic E-state index is 12.1. The molecule has 0 radical (unpaired) electrons. The molecule has 0 fully saturated rings. The predicted octanol–water partition coefficient (Wildman–Crippen LogP) is 1.69. The molecule has 0 aliphatic rings. The van der Waals surface area contributed by atoms with Crippen molar-refractivity contribution in [3.63, 3.8) is 0 Å². The van der Waals surface area contributed by atoms with Crippen LogP contribution in [0.2, 0.25) is 0 Å². The lowest BCUT2D eigenvalue weighted by atomic mass is 10.0. The molecule has 104 valence electrons. The number of thiol groups is 1. The van der Waals surface area contributed by atoms with Crippen LogP contribution in [0, 0.1) is 0 Å². The summed E-state index contributed by atoms with van der Waals surface area (Å²) in [5.74, 6) is -0.167. The zero-order valence-corrected chi connectivity index (χ0v) is 12.1. The Hall–Kier alpha value is -1.49. The van der Waals surface area contributed by atoms with E-state index >= 15 is 0 Å². The minimum Gasteiger partial charge on any atom is -0.347 e. The van der Waals surface area contributed by atoms with Crippen molar-refractivity contribution in [1.82, 2.24) is 10.6 Å². The molecule has 2 unspecified atom stereocenters. The lowest BCUT2D eigenvalue weighted by Crippen LogP contribution is -2.48. The molecule has 0 saturated carbocycles. The lowest BCUT2D eigenvalue weighted by molar-refractivity contribution is -0.128. The van der Waals surface area contributed by atoms with Crippen molar-refractivity contribution < 1.29 is 9.59 Å². The third-order valence-corrected chi connectivity index (χ3v) is 3.17. The zero-order valence-electron chi connectivity index (χ0n) is 11.2. The molecule has 2 atom stereocenters. The van der Waals surface area contributed by atoms with Crippen LogP contribution in [-0.4, -0.2) is 23.6 Å². The highest BCUT2D eigenvalue weighted by Crippen LogP contribution is 2.15. The van der Waals surface area contributed by atoms with Gasteiger partial charge in [-0.25, -0.2) is 0 Å². The number of amides is 2. The summed E-state index contributed by atoms with van der Waals surface area (Å²) in [5.41, 5.74) is 1.05. The lowest BCUT2D eigenvalue weighted by Gasteiger charge is -2.21. The second kappa shape index (κ2) is 7.84. The van der Waals surface area contributed by atoms with Crippen LogP contribution in [0.4, 0.5) is 0 Å². The Bertz CT molecular complexity index is 423. The van der Waals surface area contributed by atoms with Gasteiger partial charge in [-0.15, -0.1) is 0 Å². The van der Waals surface area contributed by atoms with Crippen LogP contribution in [0.1, 0.15) is 31.9 Å². The van der Waals surface area contributed by atoms with Crippen molar-refractivity contribution in [2.24, 2.45) is 0 Å². The Morgan fingerprint density at radius 3 is 2.32 bits per heavy atom. The maximum atomic E-state index is 12.1. The molecule has 0 saturated heterocycles. The zero-order chi connectivity index (χ0) is 14.3. The van der Waals surface area contributed by atoms with E-state index in [1.165, 1.54) is 6.92 Å². The van der Waals surface area contributed by atoms with E-state index in [0.29, 0.717) is 0 Å². The minimum absolute atomic E-state index is 0.0511. The van der Waals surface area contributed by atoms with Crippen LogP contribution in [-0.2, 0) is 9.59 Å². The van der Waals surface area contributed by atoms with Gasteiger partial charge in [-0.2, -0.15) is 12.6 Å². The standard InChI is InChI=1S/C14H20N2O2S/c1-3-12(11-7-5-4-6-8-11)16-14(18)13(9-19)15-10(2)17/h4-8,12-13,19H,3,9H2,1-2H3,(H,15,17)(H,16,18). The van der Waals surface area contributed by atoms with Crippen molar-refractivity contribution in [3.05, 3.63) is 35.9 Å². The molecule has 1 aromatic carbocycles. The van der Waals surface area contributed by atoms with E-state index in [-0.39, 0.29) is 23.6 Å². The summed E-state index contributed by atoms with van der Waals surface area (Å²) in [6, 6.07) is 9.11. The highest BCUT2D eigenvalue weighted by Gasteiger charge is 2.20. The van der Waals surface area contributed by atoms with Crippen LogP contribution in [0.5, 0.6) is 0 Å². The second-order valence-electron chi connectivity index (χ2n) is 4.32. The van der Waals surface area contributed by atoms with Crippen LogP contribution < -0.4 is 10.6 Å². The summed E-state index contributed by atoms with van der Waals surface area (Å²) in [4.78, 5) is 23.1. The monoisotopic (exact) mass is 280 g/mol. The molecule has 0 spiro atoms. The quantitative estimate of drug-likeness (QED) is 0.695. The van der Waals surface area contributed by atoms with E-state index in [9.17, 15) is 9.59 Å². The van der Waals surface area contributed by atoms with Gasteiger partial charge in [-0.05, 0) is 12.0 Å². The topological polar surface area (TPSA) is 58.2 Å². The van der Waals surface area contributed by atoms with E-state index in [1.54, 1.807) is 0 Å². The predicted molar refractivity (Wildman–Crippen MR) is 79.1 cm³/mol. The minimum atomic E-state index is -0.599. The molecule has 19 heavy (non-hydrogen) atoms. The van der Waals surface area contributed by atoms with Crippen molar-refractivity contribution >= 4 is 24.4 Å². The van der Waals surface area contributed by atoms with Crippen LogP contribution in [0.15, 0.2) is 30.3 Å². The van der Waals surface area contributed by atoms with Gasteiger partial charge in [0.25, 0.3) is 0 Å². The summed E-state index contributed by atoms with van der Waals surface area (Å²) in [6.07, 6.45) is 0.787. The molecule has 0 heterocycles. The smallest absolute Gasteiger partial charge is 0.243 e. The fourth-order valence-electron chi connectivity index (χ4n) is 1.82. The van der Waals surface area contributed by atoms with E-state index in [1.807, 2.05) is 37.3 Å². The molecule has 2 N–H and O–H groups in total. The Morgan fingerprint density at radius 1 is 1.21 bits per heavy atom. The van der Waals surface area contributed by atoms with Gasteiger partial charge in [0.15, 0.2) is 0 Å². The Morgan fingerprint density at radius 2 is 1.84 bits per heavy atom. The molecule has 4 nitrogen and oxygen atoms in total. The van der Waals surface area contributed by atoms with Gasteiger partial charge in [-0.3, -0.25) is 9.59 Å². The van der Waals surface area contributed by atoms with E-state index in [4.69, 9.17) is 0 Å². The molecule has 1 aromatic rings. The summed E-state index contributed by atoms with van der Waals surface area (Å²) in [6.45, 7) is 3.39. The second-order valence-corrected chi connectivity index (χ2v) is 4.68. The fourth-order valence-corrected chi connectivity index (χ4v) is 2.08. The largest absolute Gasteiger partial charge is 0.347 e. The molecule has 0 aromatic heterocycles. The molecule has 1 rings (SSSR count). The van der Waals surface area contributed by atoms with Crippen molar-refractivity contribution in [2.75, 3.05) is 5.75 Å². The van der Waals surface area contributed by atoms with Crippen LogP contribution in [0.25, 0.3) is 0 Å². The van der Waals surface area contributed by atoms with Crippen LogP contribution in [0.3, 0.4) is 0 Å². The number of carbonyl (C=O) groups is 2. The number of nitrogens with one attached hydrogen (secondary N) is 2. The van der Waals surface area contributed by atoms with E-state index < -0.39 is 6.04 Å². The average Bonchev–Trinajstić information content (AvgIpc) is 2.42. The Kier molecular flexibility index (Phi) is 6.42. The number of hydrogen-bond acceptors (Lipinski definition) is 3. The van der Waals surface area contributed by atoms with Crippen molar-refractivity contribution in [1.29, 1.82) is 0 Å². The molecule has 2 amide bonds. The third kappa shape index (κ3) is 4.95. The number of carbonyl (C=O) groups excluding carboxylic acids is 2. The average molecular weight is 280 g/mol. The van der Waals surface area contributed by atoms with Gasteiger partial charge in [0.05, 0.1) is 6.04 Å². The first-order valence-corrected chi connectivity index (χ1v) is 6.95. The molecular formula is C14H20N2O2S. The maximum Gasteiger partial charge on any atom is 0.243 e. The van der Waals surface area contributed by atoms with Gasteiger partial charge in [0.2, 0.25) is 11.8 Å². The van der Waals surface area contributed by atoms with Gasteiger partial charge in [0, 0.05) is 12.7 Å². The highest BCUT2D eigenvalue weighted by molar-refractivity contribution is 7.80. The Labute approximate surface area is 119 Å². The molecule has 5 heteroatoms. The van der Waals surface area contributed by atoms with Crippen molar-refractivity contribution in [2.45, 2.75) is 32.4 Å². The molecule has 0 aliphatic heterocycles. The first kappa shape index (κ1) is 15.6. The van der Waals surface area contributed by atoms with E-state index in [0.717, 1.165) is 12.0 Å².